The third-order valence-corrected chi connectivity index (χ3v) is 28.4. The van der Waals surface area contributed by atoms with E-state index in [1.54, 1.807) is 159 Å². The minimum atomic E-state index is -3.59. The van der Waals surface area contributed by atoms with Gasteiger partial charge in [-0.3, -0.25) is 22.8 Å². The molecule has 0 spiro atoms. The van der Waals surface area contributed by atoms with Crippen molar-refractivity contribution in [1.82, 2.24) is 42.8 Å². The summed E-state index contributed by atoms with van der Waals surface area (Å²) in [6.07, 6.45) is 5.82. The number of sulfone groups is 5. The standard InChI is InChI=1S/C26H27FN2O5S.C20H22N2O7S.C19H20BrNO6S.C19H20F2N2O5S.C19H22N2O5S/c1-4-34-24-15-18(12-13-23(24)33-2)22(16-35(3,31)32)29-21-11-7-9-19(25(21)28-26(29)30)14-17-8-5-6-10-20(17)27;1-4-29-18-10-12(6-8-17(18)28-2)16(11-30(3,26)27)22-15-7-5-13(19(23)24)9-14(15)21-20(22)25;1-4-26-18-9-12(5-8-16(18)25-2)15(11-28(3,23)24)21-14-7-6-13(20)10-17(14)27-19(21)22;1-4-28-17-7-11(5-6-16(17)27-2)15(10-29(3,25)26)23-18-13(21)8-12(20)9-14(18)22-19(23)24;1-4-26-18-11-13(9-10-17(18)25-2)16(12-27(3,23)24)21-15-8-6-5-7-14(15)20-19(21)22/h5-13,15,22H,4,14,16H2,1-3H3,(H,28,30);5-10,16H,4,11H2,1-3H3,(H,21,25)(H,23,24);5-10,15H,4,11H2,1-3H3;5-9,15H,4,10H2,1-3H3,(H,22,24);5-11,16H,4,12H2,1-3H3,(H,20,22)/t22-;16-;2*15-;16-/m00000/s1. The van der Waals surface area contributed by atoms with Crippen LogP contribution >= 0.6 is 15.9 Å². The number of aromatic carboxylic acids is 1. The van der Waals surface area contributed by atoms with Gasteiger partial charge in [0.15, 0.2) is 68.9 Å². The zero-order chi connectivity index (χ0) is 109. The van der Waals surface area contributed by atoms with Gasteiger partial charge >= 0.3 is 34.5 Å². The second kappa shape index (κ2) is 48.5. The largest absolute Gasteiger partial charge is 0.493 e. The molecule has 0 aliphatic heterocycles. The molecule has 0 bridgehead atoms. The van der Waals surface area contributed by atoms with Crippen LogP contribution in [0.25, 0.3) is 55.2 Å². The Hall–Kier alpha value is -14.7. The number of nitrogens with zero attached hydrogens (tertiary/aromatic N) is 5. The van der Waals surface area contributed by atoms with E-state index in [4.69, 9.17) is 51.8 Å². The Labute approximate surface area is 862 Å². The van der Waals surface area contributed by atoms with Crippen LogP contribution in [0, 0.1) is 17.5 Å². The molecule has 11 aromatic carbocycles. The monoisotopic (exact) mass is 2220 g/mol. The lowest BCUT2D eigenvalue weighted by atomic mass is 10.0. The topological polar surface area (TPSA) is 487 Å². The first-order valence-electron chi connectivity index (χ1n) is 46.0. The zero-order valence-electron chi connectivity index (χ0n) is 83.6. The molecular formula is C103H111BrF3N9O28S5. The number of rotatable bonds is 38. The van der Waals surface area contributed by atoms with Crippen molar-refractivity contribution < 1.29 is 117 Å². The summed E-state index contributed by atoms with van der Waals surface area (Å²) in [6.45, 7) is 11.1. The number of methoxy groups -OCH3 is 5. The predicted octanol–water partition coefficient (Wildman–Crippen LogP) is 14.6. The Morgan fingerprint density at radius 2 is 0.691 bits per heavy atom. The van der Waals surface area contributed by atoms with Gasteiger partial charge in [0, 0.05) is 48.2 Å². The summed E-state index contributed by atoms with van der Waals surface area (Å²) in [6, 6.07) is 50.9. The summed E-state index contributed by atoms with van der Waals surface area (Å²) in [5, 5.41) is 9.19. The quantitative estimate of drug-likeness (QED) is 0.0240. The number of aromatic amines is 4. The summed E-state index contributed by atoms with van der Waals surface area (Å²) < 4.78 is 231. The van der Waals surface area contributed by atoms with Crippen molar-refractivity contribution in [3.05, 3.63) is 325 Å². The lowest BCUT2D eigenvalue weighted by Crippen LogP contribution is -2.28. The summed E-state index contributed by atoms with van der Waals surface area (Å²) in [5.41, 5.74) is 5.56. The van der Waals surface area contributed by atoms with E-state index in [-0.39, 0.29) is 57.5 Å². The van der Waals surface area contributed by atoms with Crippen molar-refractivity contribution in [2.24, 2.45) is 0 Å². The van der Waals surface area contributed by atoms with Gasteiger partial charge in [-0.1, -0.05) is 88.7 Å². The Bertz CT molecular complexity index is 8570. The fourth-order valence-electron chi connectivity index (χ4n) is 17.1. The van der Waals surface area contributed by atoms with Crippen LogP contribution in [0.5, 0.6) is 57.5 Å². The molecule has 794 valence electrons. The molecule has 16 aromatic rings. The van der Waals surface area contributed by atoms with Crippen molar-refractivity contribution in [1.29, 1.82) is 0 Å². The average molecular weight is 2220 g/mol. The Morgan fingerprint density at radius 1 is 0.349 bits per heavy atom. The average Bonchev–Trinajstić information content (AvgIpc) is 1.62. The number of carboxylic acid groups (broad SMARTS) is 1. The lowest BCUT2D eigenvalue weighted by Gasteiger charge is -2.20. The van der Waals surface area contributed by atoms with Crippen molar-refractivity contribution in [2.45, 2.75) is 71.2 Å². The van der Waals surface area contributed by atoms with Gasteiger partial charge in [-0.05, 0) is 201 Å². The fraction of sp³-hybridized carbons (Fsp3) is 0.301. The molecule has 0 saturated heterocycles. The van der Waals surface area contributed by atoms with Crippen LogP contribution in [0.4, 0.5) is 13.2 Å². The number of nitrogens with one attached hydrogen (secondary N) is 4. The van der Waals surface area contributed by atoms with E-state index in [1.165, 1.54) is 78.1 Å². The number of H-pyrrole nitrogens is 4. The predicted molar refractivity (Wildman–Crippen MR) is 565 cm³/mol. The number of aromatic nitrogens is 9. The summed E-state index contributed by atoms with van der Waals surface area (Å²) in [4.78, 5) is 85.7. The molecule has 16 rings (SSSR count). The van der Waals surface area contributed by atoms with Gasteiger partial charge < -0.3 is 76.8 Å². The van der Waals surface area contributed by atoms with Crippen LogP contribution < -0.4 is 75.9 Å². The van der Waals surface area contributed by atoms with Crippen molar-refractivity contribution in [3.63, 3.8) is 0 Å². The first-order chi connectivity index (χ1) is 70.6. The van der Waals surface area contributed by atoms with Gasteiger partial charge in [0.2, 0.25) is 0 Å². The van der Waals surface area contributed by atoms with Crippen LogP contribution in [-0.4, -0.2) is 225 Å². The number of benzene rings is 11. The normalized spacial score (nSPS) is 12.7. The van der Waals surface area contributed by atoms with Crippen LogP contribution in [0.2, 0.25) is 0 Å². The number of hydrogen-bond acceptors (Lipinski definition) is 27. The minimum absolute atomic E-state index is 0.0126. The Balaban J connectivity index is 0.000000166. The fourth-order valence-corrected chi connectivity index (χ4v) is 22.0. The van der Waals surface area contributed by atoms with Gasteiger partial charge in [-0.25, -0.2) is 84.0 Å². The molecular weight excluding hydrogens is 2110 g/mol. The van der Waals surface area contributed by atoms with E-state index < -0.39 is 126 Å². The molecule has 149 heavy (non-hydrogen) atoms. The SMILES string of the molecule is CCOc1cc([C@H](CS(C)(=O)=O)n2c(=O)[nH]c3c(Cc4ccccc4F)cccc32)ccc1OC.CCOc1cc([C@H](CS(C)(=O)=O)n2c(=O)[nH]c3cc(C(=O)O)ccc32)ccc1OC.CCOc1cc([C@H](CS(C)(=O)=O)n2c(=O)[nH]c3cc(F)cc(F)c32)ccc1OC.CCOc1cc([C@H](CS(C)(=O)=O)n2c(=O)[nH]c3ccccc32)ccc1OC.CCOc1cc([C@H](CS(C)(=O)=O)n2c(=O)oc3cc(Br)ccc32)ccc1OC. The Morgan fingerprint density at radius 3 is 1.09 bits per heavy atom. The van der Waals surface area contributed by atoms with Crippen molar-refractivity contribution >= 4 is 126 Å². The van der Waals surface area contributed by atoms with E-state index in [0.717, 1.165) is 51.9 Å². The van der Waals surface area contributed by atoms with E-state index in [9.17, 15) is 89.1 Å². The van der Waals surface area contributed by atoms with Crippen molar-refractivity contribution in [2.75, 3.05) is 129 Å². The molecule has 0 unspecified atom stereocenters. The van der Waals surface area contributed by atoms with Gasteiger partial charge in [0.1, 0.15) is 66.3 Å². The molecule has 0 saturated carbocycles. The lowest BCUT2D eigenvalue weighted by molar-refractivity contribution is 0.0696. The maximum absolute atomic E-state index is 14.5. The highest BCUT2D eigenvalue weighted by Gasteiger charge is 2.34. The number of carboxylic acids is 1. The van der Waals surface area contributed by atoms with Gasteiger partial charge in [-0.2, -0.15) is 0 Å². The van der Waals surface area contributed by atoms with Crippen LogP contribution in [0.15, 0.2) is 239 Å². The highest BCUT2D eigenvalue weighted by atomic mass is 79.9. The highest BCUT2D eigenvalue weighted by molar-refractivity contribution is 9.10. The maximum Gasteiger partial charge on any atom is 0.420 e. The number of hydrogen-bond donors (Lipinski definition) is 5. The molecule has 37 nitrogen and oxygen atoms in total. The zero-order valence-corrected chi connectivity index (χ0v) is 89.2. The summed E-state index contributed by atoms with van der Waals surface area (Å²) in [7, 11) is -9.80. The molecule has 0 amide bonds. The molecule has 5 N–H and O–H groups in total. The minimum Gasteiger partial charge on any atom is -0.493 e. The number of imidazole rings is 4. The number of ether oxygens (including phenoxy) is 10. The third-order valence-electron chi connectivity index (χ3n) is 23.3. The summed E-state index contributed by atoms with van der Waals surface area (Å²) >= 11 is 3.34. The Kier molecular flexibility index (Phi) is 36.8. The second-order valence-electron chi connectivity index (χ2n) is 34.2. The van der Waals surface area contributed by atoms with Gasteiger partial charge in [0.25, 0.3) is 0 Å². The number of carbonyl (C=O) groups is 1. The van der Waals surface area contributed by atoms with Crippen LogP contribution in [-0.2, 0) is 55.6 Å². The van der Waals surface area contributed by atoms with E-state index in [2.05, 4.69) is 35.9 Å². The molecule has 0 radical (unpaired) electrons. The second-order valence-corrected chi connectivity index (χ2v) is 46.1. The van der Waals surface area contributed by atoms with Crippen LogP contribution in [0.1, 0.15) is 114 Å². The van der Waals surface area contributed by atoms with E-state index >= 15 is 0 Å². The number of oxazole rings is 1. The molecule has 5 heterocycles. The number of para-hydroxylation sites is 3. The van der Waals surface area contributed by atoms with Crippen molar-refractivity contribution in [3.8, 4) is 57.5 Å². The molecule has 5 aromatic heterocycles. The van der Waals surface area contributed by atoms with E-state index in [0.29, 0.717) is 174 Å². The number of halogens is 4. The molecule has 46 heteroatoms. The first-order valence-corrected chi connectivity index (χ1v) is 57.1. The number of fused-ring (bicyclic) bond motifs is 5. The van der Waals surface area contributed by atoms with E-state index in [1.807, 2.05) is 45.9 Å². The summed E-state index contributed by atoms with van der Waals surface area (Å²) in [5.74, 6) is -0.812. The molecule has 5 atom stereocenters. The first kappa shape index (κ1) is 113. The molecule has 0 aliphatic carbocycles. The van der Waals surface area contributed by atoms with Crippen LogP contribution in [0.3, 0.4) is 0 Å². The third kappa shape index (κ3) is 28.0. The maximum atomic E-state index is 14.5. The smallest absolute Gasteiger partial charge is 0.420 e. The molecule has 0 aliphatic rings. The highest BCUT2D eigenvalue weighted by Crippen LogP contribution is 2.41. The van der Waals surface area contributed by atoms with Gasteiger partial charge in [-0.15, -0.1) is 0 Å². The van der Waals surface area contributed by atoms with Gasteiger partial charge in [0.05, 0.1) is 177 Å². The molecule has 0 fully saturated rings.